The second kappa shape index (κ2) is 4.44. The largest absolute Gasteiger partial charge is 0.436 e. The molecule has 0 amide bonds. The second-order valence-corrected chi connectivity index (χ2v) is 5.14. The van der Waals surface area contributed by atoms with Gasteiger partial charge in [-0.2, -0.15) is 0 Å². The molecule has 5 heteroatoms. The number of rotatable bonds is 1. The van der Waals surface area contributed by atoms with E-state index < -0.39 is 0 Å². The summed E-state index contributed by atoms with van der Waals surface area (Å²) in [4.78, 5) is 4.41. The van der Waals surface area contributed by atoms with E-state index in [1.54, 1.807) is 12.1 Å². The molecule has 3 rings (SSSR count). The summed E-state index contributed by atoms with van der Waals surface area (Å²) in [6.07, 6.45) is 0. The topological polar surface area (TPSA) is 52.0 Å². The summed E-state index contributed by atoms with van der Waals surface area (Å²) in [6.45, 7) is 1.93. The molecule has 0 saturated carbocycles. The summed E-state index contributed by atoms with van der Waals surface area (Å²) in [7, 11) is 0. The van der Waals surface area contributed by atoms with E-state index in [2.05, 4.69) is 4.98 Å². The van der Waals surface area contributed by atoms with Crippen LogP contribution in [0.25, 0.3) is 22.6 Å². The van der Waals surface area contributed by atoms with Gasteiger partial charge >= 0.3 is 0 Å². The highest BCUT2D eigenvalue weighted by atomic mass is 35.5. The van der Waals surface area contributed by atoms with E-state index in [-0.39, 0.29) is 0 Å². The highest BCUT2D eigenvalue weighted by molar-refractivity contribution is 6.33. The van der Waals surface area contributed by atoms with Crippen molar-refractivity contribution < 1.29 is 4.42 Å². The fourth-order valence-electron chi connectivity index (χ4n) is 1.87. The van der Waals surface area contributed by atoms with E-state index >= 15 is 0 Å². The highest BCUT2D eigenvalue weighted by Crippen LogP contribution is 2.31. The van der Waals surface area contributed by atoms with Gasteiger partial charge in [-0.3, -0.25) is 0 Å². The second-order valence-electron chi connectivity index (χ2n) is 4.32. The Morgan fingerprint density at radius 2 is 1.89 bits per heavy atom. The van der Waals surface area contributed by atoms with Crippen LogP contribution in [0.2, 0.25) is 10.0 Å². The van der Waals surface area contributed by atoms with Crippen molar-refractivity contribution in [3.05, 3.63) is 45.9 Å². The first-order valence-corrected chi connectivity index (χ1v) is 6.42. The Kier molecular flexibility index (Phi) is 2.88. The van der Waals surface area contributed by atoms with Crippen LogP contribution in [0, 0.1) is 6.92 Å². The molecule has 19 heavy (non-hydrogen) atoms. The summed E-state index contributed by atoms with van der Waals surface area (Å²) in [5.41, 5.74) is 9.35. The number of aryl methyl sites for hydroxylation is 1. The van der Waals surface area contributed by atoms with Crippen molar-refractivity contribution in [1.82, 2.24) is 4.98 Å². The number of nitrogens with two attached hydrogens (primary N) is 1. The Labute approximate surface area is 119 Å². The molecule has 96 valence electrons. The Bertz CT molecular complexity index is 741. The number of anilines is 1. The summed E-state index contributed by atoms with van der Waals surface area (Å²) in [5, 5.41) is 1.19. The van der Waals surface area contributed by atoms with Gasteiger partial charge in [0, 0.05) is 16.7 Å². The summed E-state index contributed by atoms with van der Waals surface area (Å²) in [6, 6.07) is 8.99. The third kappa shape index (κ3) is 2.15. The van der Waals surface area contributed by atoms with Crippen molar-refractivity contribution >= 4 is 40.0 Å². The molecule has 0 aliphatic carbocycles. The normalized spacial score (nSPS) is 11.1. The molecular weight excluding hydrogens is 283 g/mol. The predicted octanol–water partition coefficient (Wildman–Crippen LogP) is 4.69. The predicted molar refractivity (Wildman–Crippen MR) is 78.6 cm³/mol. The highest BCUT2D eigenvalue weighted by Gasteiger charge is 2.11. The quantitative estimate of drug-likeness (QED) is 0.662. The van der Waals surface area contributed by atoms with Gasteiger partial charge in [0.2, 0.25) is 5.89 Å². The van der Waals surface area contributed by atoms with Crippen LogP contribution >= 0.6 is 23.2 Å². The molecule has 3 nitrogen and oxygen atoms in total. The maximum Gasteiger partial charge on any atom is 0.227 e. The van der Waals surface area contributed by atoms with E-state index in [1.807, 2.05) is 25.1 Å². The van der Waals surface area contributed by atoms with Gasteiger partial charge in [-0.15, -0.1) is 0 Å². The molecule has 0 aliphatic rings. The lowest BCUT2D eigenvalue weighted by Gasteiger charge is -1.99. The van der Waals surface area contributed by atoms with Crippen molar-refractivity contribution in [1.29, 1.82) is 0 Å². The van der Waals surface area contributed by atoms with Crippen molar-refractivity contribution in [2.24, 2.45) is 0 Å². The first-order valence-electron chi connectivity index (χ1n) is 5.66. The zero-order chi connectivity index (χ0) is 13.6. The lowest BCUT2D eigenvalue weighted by molar-refractivity contribution is 0.620. The van der Waals surface area contributed by atoms with Crippen LogP contribution in [-0.2, 0) is 0 Å². The number of aromatic nitrogens is 1. The van der Waals surface area contributed by atoms with E-state index in [4.69, 9.17) is 33.4 Å². The molecule has 0 spiro atoms. The maximum absolute atomic E-state index is 6.00. The zero-order valence-electron chi connectivity index (χ0n) is 10.1. The van der Waals surface area contributed by atoms with Gasteiger partial charge in [-0.1, -0.05) is 23.2 Å². The van der Waals surface area contributed by atoms with Gasteiger partial charge in [-0.25, -0.2) is 4.98 Å². The fourth-order valence-corrected chi connectivity index (χ4v) is 2.14. The molecule has 1 heterocycles. The third-order valence-electron chi connectivity index (χ3n) is 2.91. The Morgan fingerprint density at radius 1 is 1.11 bits per heavy atom. The molecule has 0 saturated heterocycles. The molecule has 1 aromatic heterocycles. The zero-order valence-corrected chi connectivity index (χ0v) is 11.6. The Morgan fingerprint density at radius 3 is 2.63 bits per heavy atom. The standard InChI is InChI=1S/C14H10Cl2N2O/c1-7-4-8(2-3-9(7)15)14-18-12-5-10(16)11(17)6-13(12)19-14/h2-6H,17H2,1H3. The third-order valence-corrected chi connectivity index (χ3v) is 3.66. The SMILES string of the molecule is Cc1cc(-c2nc3cc(Cl)c(N)cc3o2)ccc1Cl. The maximum atomic E-state index is 6.00. The lowest BCUT2D eigenvalue weighted by atomic mass is 10.1. The number of nitrogens with zero attached hydrogens (tertiary/aromatic N) is 1. The van der Waals surface area contributed by atoms with Crippen molar-refractivity contribution in [2.45, 2.75) is 6.92 Å². The van der Waals surface area contributed by atoms with Crippen LogP contribution in [0.1, 0.15) is 5.56 Å². The van der Waals surface area contributed by atoms with Gasteiger partial charge in [0.05, 0.1) is 10.7 Å². The molecule has 0 aliphatic heterocycles. The number of benzene rings is 2. The van der Waals surface area contributed by atoms with Gasteiger partial charge < -0.3 is 10.2 Å². The van der Waals surface area contributed by atoms with Gasteiger partial charge in [0.15, 0.2) is 5.58 Å². The number of halogens is 2. The van der Waals surface area contributed by atoms with Crippen molar-refractivity contribution in [2.75, 3.05) is 5.73 Å². The molecule has 2 N–H and O–H groups in total. The molecule has 3 aromatic rings. The fraction of sp³-hybridized carbons (Fsp3) is 0.0714. The van der Waals surface area contributed by atoms with Crippen LogP contribution in [-0.4, -0.2) is 4.98 Å². The van der Waals surface area contributed by atoms with Crippen LogP contribution in [0.3, 0.4) is 0 Å². The first kappa shape index (κ1) is 12.3. The molecule has 0 bridgehead atoms. The summed E-state index contributed by atoms with van der Waals surface area (Å²) < 4.78 is 5.69. The molecule has 0 radical (unpaired) electrons. The average Bonchev–Trinajstić information content (AvgIpc) is 2.76. The minimum absolute atomic E-state index is 0.472. The van der Waals surface area contributed by atoms with E-state index in [0.717, 1.165) is 11.1 Å². The minimum atomic E-state index is 0.472. The van der Waals surface area contributed by atoms with Crippen LogP contribution in [0.5, 0.6) is 0 Å². The van der Waals surface area contributed by atoms with E-state index in [9.17, 15) is 0 Å². The Hall–Kier alpha value is -1.71. The number of fused-ring (bicyclic) bond motifs is 1. The van der Waals surface area contributed by atoms with Gasteiger partial charge in [-0.05, 0) is 36.8 Å². The molecule has 0 fully saturated rings. The number of oxazole rings is 1. The first-order chi connectivity index (χ1) is 9.04. The molecule has 0 unspecified atom stereocenters. The summed E-state index contributed by atoms with van der Waals surface area (Å²) >= 11 is 12.0. The smallest absolute Gasteiger partial charge is 0.227 e. The monoisotopic (exact) mass is 292 g/mol. The number of hydrogen-bond acceptors (Lipinski definition) is 3. The molecule has 2 aromatic carbocycles. The lowest BCUT2D eigenvalue weighted by Crippen LogP contribution is -1.84. The summed E-state index contributed by atoms with van der Waals surface area (Å²) in [5.74, 6) is 0.524. The van der Waals surface area contributed by atoms with Crippen LogP contribution in [0.15, 0.2) is 34.7 Å². The van der Waals surface area contributed by atoms with Crippen molar-refractivity contribution in [3.8, 4) is 11.5 Å². The van der Waals surface area contributed by atoms with E-state index in [1.165, 1.54) is 0 Å². The minimum Gasteiger partial charge on any atom is -0.436 e. The Balaban J connectivity index is 2.17. The molecular formula is C14H10Cl2N2O. The van der Waals surface area contributed by atoms with Crippen LogP contribution in [0.4, 0.5) is 5.69 Å². The van der Waals surface area contributed by atoms with Gasteiger partial charge in [0.25, 0.3) is 0 Å². The number of nitrogen functional groups attached to an aromatic ring is 1. The number of hydrogen-bond donors (Lipinski definition) is 1. The van der Waals surface area contributed by atoms with Crippen molar-refractivity contribution in [3.63, 3.8) is 0 Å². The van der Waals surface area contributed by atoms with E-state index in [0.29, 0.717) is 32.7 Å². The average molecular weight is 293 g/mol. The molecule has 0 atom stereocenters. The van der Waals surface area contributed by atoms with Crippen LogP contribution < -0.4 is 5.73 Å². The van der Waals surface area contributed by atoms with Gasteiger partial charge in [0.1, 0.15) is 5.52 Å².